The summed E-state index contributed by atoms with van der Waals surface area (Å²) >= 11 is 0. The topological polar surface area (TPSA) is 57.5 Å². The Bertz CT molecular complexity index is 465. The third-order valence-corrected chi connectivity index (χ3v) is 3.99. The highest BCUT2D eigenvalue weighted by molar-refractivity contribution is 14.0. The predicted octanol–water partition coefficient (Wildman–Crippen LogP) is 1.97. The van der Waals surface area contributed by atoms with Crippen molar-refractivity contribution in [3.8, 4) is 0 Å². The molecule has 1 aromatic heterocycles. The monoisotopic (exact) mass is 434 g/mol. The molecule has 0 spiro atoms. The zero-order valence-electron chi connectivity index (χ0n) is 14.6. The van der Waals surface area contributed by atoms with Gasteiger partial charge in [0.15, 0.2) is 5.96 Å². The van der Waals surface area contributed by atoms with Crippen molar-refractivity contribution in [2.75, 3.05) is 26.2 Å². The molecule has 0 radical (unpaired) electrons. The minimum absolute atomic E-state index is 0. The molecule has 1 aromatic rings. The van der Waals surface area contributed by atoms with E-state index in [9.17, 15) is 0 Å². The van der Waals surface area contributed by atoms with E-state index < -0.39 is 0 Å². The summed E-state index contributed by atoms with van der Waals surface area (Å²) in [6.07, 6.45) is 7.51. The van der Waals surface area contributed by atoms with Crippen LogP contribution in [-0.4, -0.2) is 52.9 Å². The summed E-state index contributed by atoms with van der Waals surface area (Å²) in [4.78, 5) is 7.23. The Balaban J connectivity index is 0.00000264. The number of nitrogens with one attached hydrogen (secondary N) is 2. The molecule has 1 fully saturated rings. The summed E-state index contributed by atoms with van der Waals surface area (Å²) < 4.78 is 1.81. The second-order valence-electron chi connectivity index (χ2n) is 5.98. The molecule has 132 valence electrons. The Morgan fingerprint density at radius 2 is 2.09 bits per heavy atom. The van der Waals surface area contributed by atoms with Gasteiger partial charge in [-0.15, -0.1) is 24.0 Å². The van der Waals surface area contributed by atoms with Crippen LogP contribution >= 0.6 is 24.0 Å². The average Bonchev–Trinajstić information content (AvgIpc) is 2.93. The Morgan fingerprint density at radius 3 is 2.65 bits per heavy atom. The van der Waals surface area contributed by atoms with Crippen LogP contribution in [0.25, 0.3) is 0 Å². The van der Waals surface area contributed by atoms with Crippen LogP contribution in [0.1, 0.15) is 38.7 Å². The Morgan fingerprint density at radius 1 is 1.35 bits per heavy atom. The summed E-state index contributed by atoms with van der Waals surface area (Å²) in [7, 11) is 1.93. The lowest BCUT2D eigenvalue weighted by Crippen LogP contribution is -2.48. The van der Waals surface area contributed by atoms with Crippen LogP contribution in [0.4, 0.5) is 0 Å². The Kier molecular flexibility index (Phi) is 9.54. The van der Waals surface area contributed by atoms with Gasteiger partial charge < -0.3 is 15.5 Å². The lowest BCUT2D eigenvalue weighted by atomic mass is 10.1. The molecule has 1 aliphatic heterocycles. The average molecular weight is 434 g/mol. The van der Waals surface area contributed by atoms with Crippen LogP contribution in [-0.2, 0) is 13.6 Å². The van der Waals surface area contributed by atoms with Gasteiger partial charge in [0, 0.05) is 44.5 Å². The maximum Gasteiger partial charge on any atom is 0.191 e. The maximum atomic E-state index is 4.67. The van der Waals surface area contributed by atoms with Gasteiger partial charge in [-0.1, -0.05) is 6.92 Å². The van der Waals surface area contributed by atoms with Gasteiger partial charge in [0.1, 0.15) is 0 Å². The molecule has 0 atom stereocenters. The van der Waals surface area contributed by atoms with Crippen molar-refractivity contribution in [2.24, 2.45) is 12.0 Å². The van der Waals surface area contributed by atoms with E-state index >= 15 is 0 Å². The zero-order chi connectivity index (χ0) is 15.8. The predicted molar refractivity (Wildman–Crippen MR) is 106 cm³/mol. The summed E-state index contributed by atoms with van der Waals surface area (Å²) in [5, 5.41) is 11.1. The highest BCUT2D eigenvalue weighted by atomic mass is 127. The summed E-state index contributed by atoms with van der Waals surface area (Å²) in [6.45, 7) is 9.50. The zero-order valence-corrected chi connectivity index (χ0v) is 16.9. The molecule has 0 aliphatic carbocycles. The van der Waals surface area contributed by atoms with E-state index in [1.807, 2.05) is 24.1 Å². The number of nitrogens with zero attached hydrogens (tertiary/aromatic N) is 4. The smallest absolute Gasteiger partial charge is 0.191 e. The molecule has 2 heterocycles. The molecular weight excluding hydrogens is 403 g/mol. The highest BCUT2D eigenvalue weighted by Gasteiger charge is 2.19. The number of piperidine rings is 1. The summed E-state index contributed by atoms with van der Waals surface area (Å²) in [5.41, 5.74) is 1.14. The first-order chi connectivity index (χ1) is 10.7. The molecule has 6 nitrogen and oxygen atoms in total. The fraction of sp³-hybridized carbons (Fsp3) is 0.750. The van der Waals surface area contributed by atoms with E-state index in [-0.39, 0.29) is 24.0 Å². The van der Waals surface area contributed by atoms with Crippen LogP contribution in [0.3, 0.4) is 0 Å². The number of aliphatic imine (C=N–C) groups is 1. The van der Waals surface area contributed by atoms with Gasteiger partial charge >= 0.3 is 0 Å². The molecule has 0 unspecified atom stereocenters. The van der Waals surface area contributed by atoms with Crippen LogP contribution < -0.4 is 10.6 Å². The largest absolute Gasteiger partial charge is 0.357 e. The molecule has 7 heteroatoms. The van der Waals surface area contributed by atoms with Crippen LogP contribution in [0.2, 0.25) is 0 Å². The van der Waals surface area contributed by atoms with Gasteiger partial charge in [-0.25, -0.2) is 4.99 Å². The first-order valence-corrected chi connectivity index (χ1v) is 8.46. The number of guanidine groups is 1. The number of likely N-dealkylation sites (tertiary alicyclic amines) is 1. The highest BCUT2D eigenvalue weighted by Crippen LogP contribution is 2.10. The lowest BCUT2D eigenvalue weighted by Gasteiger charge is -2.32. The van der Waals surface area contributed by atoms with Crippen molar-refractivity contribution in [1.29, 1.82) is 0 Å². The van der Waals surface area contributed by atoms with E-state index in [4.69, 9.17) is 0 Å². The second kappa shape index (κ2) is 10.9. The van der Waals surface area contributed by atoms with Crippen molar-refractivity contribution >= 4 is 29.9 Å². The van der Waals surface area contributed by atoms with Crippen molar-refractivity contribution in [1.82, 2.24) is 25.3 Å². The van der Waals surface area contributed by atoms with Crippen molar-refractivity contribution in [2.45, 2.75) is 45.7 Å². The van der Waals surface area contributed by atoms with E-state index in [1.54, 1.807) is 0 Å². The van der Waals surface area contributed by atoms with Crippen LogP contribution in [0, 0.1) is 0 Å². The normalized spacial score (nSPS) is 16.9. The first kappa shape index (κ1) is 20.2. The minimum Gasteiger partial charge on any atom is -0.357 e. The number of rotatable bonds is 6. The third-order valence-electron chi connectivity index (χ3n) is 3.99. The van der Waals surface area contributed by atoms with Gasteiger partial charge in [0.2, 0.25) is 0 Å². The maximum absolute atomic E-state index is 4.67. The van der Waals surface area contributed by atoms with Crippen molar-refractivity contribution in [3.05, 3.63) is 18.0 Å². The van der Waals surface area contributed by atoms with Gasteiger partial charge in [0.25, 0.3) is 0 Å². The quantitative estimate of drug-likeness (QED) is 0.409. The number of hydrogen-bond donors (Lipinski definition) is 2. The molecule has 1 aliphatic rings. The van der Waals surface area contributed by atoms with Crippen LogP contribution in [0.5, 0.6) is 0 Å². The minimum atomic E-state index is 0. The number of aryl methyl sites for hydroxylation is 1. The van der Waals surface area contributed by atoms with Gasteiger partial charge in [0.05, 0.1) is 12.7 Å². The van der Waals surface area contributed by atoms with E-state index in [0.717, 1.165) is 18.1 Å². The number of aromatic nitrogens is 2. The molecule has 1 saturated heterocycles. The summed E-state index contributed by atoms with van der Waals surface area (Å²) in [5.74, 6) is 0.917. The first-order valence-electron chi connectivity index (χ1n) is 8.46. The molecule has 23 heavy (non-hydrogen) atoms. The number of hydrogen-bond acceptors (Lipinski definition) is 3. The van der Waals surface area contributed by atoms with E-state index in [0.29, 0.717) is 12.6 Å². The van der Waals surface area contributed by atoms with Crippen LogP contribution in [0.15, 0.2) is 17.4 Å². The van der Waals surface area contributed by atoms with Crippen molar-refractivity contribution in [3.63, 3.8) is 0 Å². The molecule has 0 aromatic carbocycles. The Labute approximate surface area is 157 Å². The van der Waals surface area contributed by atoms with Crippen molar-refractivity contribution < 1.29 is 0 Å². The third kappa shape index (κ3) is 7.07. The fourth-order valence-electron chi connectivity index (χ4n) is 2.85. The fourth-order valence-corrected chi connectivity index (χ4v) is 2.85. The molecule has 0 amide bonds. The Hall–Kier alpha value is -0.830. The molecule has 2 rings (SSSR count). The molecule has 0 saturated carbocycles. The molecule has 0 bridgehead atoms. The molecule has 2 N–H and O–H groups in total. The van der Waals surface area contributed by atoms with E-state index in [1.165, 1.54) is 38.9 Å². The van der Waals surface area contributed by atoms with E-state index in [2.05, 4.69) is 39.5 Å². The SMILES string of the molecule is CCCN1CCC(NC(=NCc2cnn(C)c2)NCC)CC1.I. The molecular formula is C16H31IN6. The summed E-state index contributed by atoms with van der Waals surface area (Å²) in [6, 6.07) is 0.528. The second-order valence-corrected chi connectivity index (χ2v) is 5.98. The van der Waals surface area contributed by atoms with Gasteiger partial charge in [-0.3, -0.25) is 4.68 Å². The number of halogens is 1. The van der Waals surface area contributed by atoms with Gasteiger partial charge in [-0.05, 0) is 32.7 Å². The standard InChI is InChI=1S/C16H30N6.HI/c1-4-8-22-9-6-15(7-10-22)20-16(17-5-2)18-11-14-12-19-21(3)13-14;/h12-13,15H,4-11H2,1-3H3,(H2,17,18,20);1H. The lowest BCUT2D eigenvalue weighted by molar-refractivity contribution is 0.206. The van der Waals surface area contributed by atoms with Gasteiger partial charge in [-0.2, -0.15) is 5.10 Å².